The molecule has 0 fully saturated rings. The van der Waals surface area contributed by atoms with Gasteiger partial charge in [-0.25, -0.2) is 4.98 Å². The average Bonchev–Trinajstić information content (AvgIpc) is 2.92. The molecule has 4 rings (SSSR count). The Hall–Kier alpha value is -2.13. The zero-order chi connectivity index (χ0) is 14.2. The van der Waals surface area contributed by atoms with Gasteiger partial charge in [0.1, 0.15) is 5.82 Å². The second-order valence-electron chi connectivity index (χ2n) is 5.54. The summed E-state index contributed by atoms with van der Waals surface area (Å²) in [4.78, 5) is 4.91. The molecule has 3 aromatic rings. The first-order valence-electron chi connectivity index (χ1n) is 7.65. The molecule has 1 unspecified atom stereocenters. The van der Waals surface area contributed by atoms with Gasteiger partial charge in [0.25, 0.3) is 0 Å². The van der Waals surface area contributed by atoms with Gasteiger partial charge in [0.05, 0.1) is 17.1 Å². The van der Waals surface area contributed by atoms with Crippen LogP contribution < -0.4 is 5.32 Å². The summed E-state index contributed by atoms with van der Waals surface area (Å²) in [6.45, 7) is 4.14. The number of imidazole rings is 1. The highest BCUT2D eigenvalue weighted by Crippen LogP contribution is 2.30. The Morgan fingerprint density at radius 2 is 1.95 bits per heavy atom. The second kappa shape index (κ2) is 5.01. The lowest BCUT2D eigenvalue weighted by atomic mass is 9.94. The Labute approximate surface area is 124 Å². The monoisotopic (exact) mass is 277 g/mol. The first kappa shape index (κ1) is 12.6. The van der Waals surface area contributed by atoms with E-state index in [0.29, 0.717) is 0 Å². The molecule has 2 aromatic carbocycles. The van der Waals surface area contributed by atoms with Crippen molar-refractivity contribution in [3.05, 3.63) is 65.5 Å². The zero-order valence-electron chi connectivity index (χ0n) is 12.2. The highest BCUT2D eigenvalue weighted by atomic mass is 15.1. The van der Waals surface area contributed by atoms with Crippen molar-refractivity contribution in [1.29, 1.82) is 0 Å². The number of benzene rings is 2. The summed E-state index contributed by atoms with van der Waals surface area (Å²) in [7, 11) is 0. The number of nitrogens with one attached hydrogen (secondary N) is 1. The van der Waals surface area contributed by atoms with Gasteiger partial charge >= 0.3 is 0 Å². The van der Waals surface area contributed by atoms with Gasteiger partial charge in [0.2, 0.25) is 0 Å². The summed E-state index contributed by atoms with van der Waals surface area (Å²) < 4.78 is 2.33. The van der Waals surface area contributed by atoms with Crippen LogP contribution in [0, 0.1) is 0 Å². The molecule has 0 amide bonds. The maximum atomic E-state index is 4.91. The molecule has 1 aromatic heterocycles. The molecule has 0 bridgehead atoms. The fourth-order valence-electron chi connectivity index (χ4n) is 3.38. The zero-order valence-corrected chi connectivity index (χ0v) is 12.2. The van der Waals surface area contributed by atoms with Crippen LogP contribution in [0.2, 0.25) is 0 Å². The van der Waals surface area contributed by atoms with Crippen molar-refractivity contribution in [1.82, 2.24) is 14.9 Å². The molecular weight excluding hydrogens is 258 g/mol. The molecular formula is C18H19N3. The van der Waals surface area contributed by atoms with Crippen LogP contribution in [0.1, 0.15) is 29.9 Å². The summed E-state index contributed by atoms with van der Waals surface area (Å²) in [6, 6.07) is 17.3. The molecule has 0 saturated heterocycles. The number of aromatic nitrogens is 2. The Kier molecular flexibility index (Phi) is 3.00. The summed E-state index contributed by atoms with van der Waals surface area (Å²) >= 11 is 0. The second-order valence-corrected chi connectivity index (χ2v) is 5.54. The van der Waals surface area contributed by atoms with E-state index in [9.17, 15) is 0 Å². The normalized spacial score (nSPS) is 17.9. The van der Waals surface area contributed by atoms with E-state index in [2.05, 4.69) is 65.3 Å². The van der Waals surface area contributed by atoms with Gasteiger partial charge in [-0.3, -0.25) is 0 Å². The van der Waals surface area contributed by atoms with Crippen molar-refractivity contribution in [3.8, 4) is 0 Å². The molecule has 21 heavy (non-hydrogen) atoms. The fourth-order valence-corrected chi connectivity index (χ4v) is 3.38. The summed E-state index contributed by atoms with van der Waals surface area (Å²) in [5.74, 6) is 1.13. The first-order valence-corrected chi connectivity index (χ1v) is 7.65. The lowest BCUT2D eigenvalue weighted by Crippen LogP contribution is -2.32. The van der Waals surface area contributed by atoms with Crippen LogP contribution in [0.3, 0.4) is 0 Å². The van der Waals surface area contributed by atoms with Gasteiger partial charge in [-0.2, -0.15) is 0 Å². The summed E-state index contributed by atoms with van der Waals surface area (Å²) in [5.41, 5.74) is 5.11. The highest BCUT2D eigenvalue weighted by molar-refractivity contribution is 5.76. The van der Waals surface area contributed by atoms with E-state index < -0.39 is 0 Å². The van der Waals surface area contributed by atoms with Crippen molar-refractivity contribution in [3.63, 3.8) is 0 Å². The van der Waals surface area contributed by atoms with Crippen molar-refractivity contribution in [2.75, 3.05) is 6.54 Å². The Morgan fingerprint density at radius 1 is 1.14 bits per heavy atom. The third kappa shape index (κ3) is 1.96. The van der Waals surface area contributed by atoms with E-state index in [1.165, 1.54) is 16.6 Å². The van der Waals surface area contributed by atoms with Crippen LogP contribution in [0.25, 0.3) is 11.0 Å². The molecule has 0 spiro atoms. The van der Waals surface area contributed by atoms with E-state index in [4.69, 9.17) is 4.98 Å². The van der Waals surface area contributed by atoms with E-state index in [0.717, 1.165) is 30.9 Å². The number of hydrogen-bond acceptors (Lipinski definition) is 2. The quantitative estimate of drug-likeness (QED) is 0.779. The molecule has 2 heterocycles. The van der Waals surface area contributed by atoms with E-state index in [-0.39, 0.29) is 6.04 Å². The van der Waals surface area contributed by atoms with E-state index in [1.54, 1.807) is 0 Å². The minimum absolute atomic E-state index is 0.197. The highest BCUT2D eigenvalue weighted by Gasteiger charge is 2.25. The number of fused-ring (bicyclic) bond motifs is 2. The largest absolute Gasteiger partial charge is 0.327 e. The smallest absolute Gasteiger partial charge is 0.131 e. The van der Waals surface area contributed by atoms with Gasteiger partial charge in [-0.05, 0) is 36.6 Å². The predicted molar refractivity (Wildman–Crippen MR) is 85.4 cm³/mol. The van der Waals surface area contributed by atoms with E-state index in [1.807, 2.05) is 0 Å². The molecule has 0 saturated carbocycles. The molecule has 0 radical (unpaired) electrons. The van der Waals surface area contributed by atoms with E-state index >= 15 is 0 Å². The minimum atomic E-state index is 0.197. The van der Waals surface area contributed by atoms with Crippen molar-refractivity contribution < 1.29 is 0 Å². The van der Waals surface area contributed by atoms with Crippen LogP contribution >= 0.6 is 0 Å². The molecule has 3 heteroatoms. The molecule has 0 aliphatic carbocycles. The topological polar surface area (TPSA) is 29.9 Å². The van der Waals surface area contributed by atoms with Gasteiger partial charge in [-0.15, -0.1) is 0 Å². The SMILES string of the molecule is CCn1c(C2NCCc3ccccc32)nc2ccccc21. The van der Waals surface area contributed by atoms with Crippen molar-refractivity contribution in [2.24, 2.45) is 0 Å². The standard InChI is InChI=1S/C18H19N3/c1-2-21-16-10-6-5-9-15(16)20-18(21)17-14-8-4-3-7-13(14)11-12-19-17/h3-10,17,19H,2,11-12H2,1H3. The average molecular weight is 277 g/mol. The number of hydrogen-bond donors (Lipinski definition) is 1. The molecule has 1 aliphatic heterocycles. The maximum absolute atomic E-state index is 4.91. The maximum Gasteiger partial charge on any atom is 0.131 e. The Balaban J connectivity index is 1.91. The Bertz CT molecular complexity index is 788. The number of aryl methyl sites for hydroxylation is 1. The summed E-state index contributed by atoms with van der Waals surface area (Å²) in [6.07, 6.45) is 1.10. The van der Waals surface area contributed by atoms with Gasteiger partial charge in [0, 0.05) is 13.1 Å². The van der Waals surface area contributed by atoms with Crippen LogP contribution in [0.4, 0.5) is 0 Å². The minimum Gasteiger partial charge on any atom is -0.327 e. The van der Waals surface area contributed by atoms with Gasteiger partial charge in [0.15, 0.2) is 0 Å². The number of rotatable bonds is 2. The van der Waals surface area contributed by atoms with Crippen molar-refractivity contribution >= 4 is 11.0 Å². The predicted octanol–water partition coefficient (Wildman–Crippen LogP) is 3.29. The number of para-hydroxylation sites is 2. The molecule has 1 N–H and O–H groups in total. The van der Waals surface area contributed by atoms with Crippen LogP contribution in [0.15, 0.2) is 48.5 Å². The summed E-state index contributed by atoms with van der Waals surface area (Å²) in [5, 5.41) is 3.64. The molecule has 106 valence electrons. The number of nitrogens with zero attached hydrogens (tertiary/aromatic N) is 2. The fraction of sp³-hybridized carbons (Fsp3) is 0.278. The van der Waals surface area contributed by atoms with Crippen LogP contribution in [-0.2, 0) is 13.0 Å². The lowest BCUT2D eigenvalue weighted by molar-refractivity contribution is 0.522. The molecule has 1 aliphatic rings. The first-order chi connectivity index (χ1) is 10.4. The van der Waals surface area contributed by atoms with Crippen LogP contribution in [0.5, 0.6) is 0 Å². The third-order valence-electron chi connectivity index (χ3n) is 4.37. The Morgan fingerprint density at radius 3 is 2.86 bits per heavy atom. The molecule has 3 nitrogen and oxygen atoms in total. The van der Waals surface area contributed by atoms with Crippen molar-refractivity contribution in [2.45, 2.75) is 25.9 Å². The van der Waals surface area contributed by atoms with Gasteiger partial charge < -0.3 is 9.88 Å². The lowest BCUT2D eigenvalue weighted by Gasteiger charge is -2.27. The molecule has 1 atom stereocenters. The van der Waals surface area contributed by atoms with Crippen LogP contribution in [-0.4, -0.2) is 16.1 Å². The third-order valence-corrected chi connectivity index (χ3v) is 4.37. The van der Waals surface area contributed by atoms with Gasteiger partial charge in [-0.1, -0.05) is 36.4 Å².